The Morgan fingerprint density at radius 2 is 1.48 bits per heavy atom. The molecule has 0 aliphatic carbocycles. The fourth-order valence-electron chi connectivity index (χ4n) is 1.80. The molecular weight excluding hydrogens is 285 g/mol. The first-order chi connectivity index (χ1) is 9.97. The molecule has 0 saturated heterocycles. The van der Waals surface area contributed by atoms with Crippen LogP contribution in [0.2, 0.25) is 0 Å². The summed E-state index contributed by atoms with van der Waals surface area (Å²) in [6, 6.07) is 5.82. The van der Waals surface area contributed by atoms with Crippen molar-refractivity contribution >= 4 is 5.78 Å². The number of carbonyl (C=O) groups excluding carboxylic acids is 1. The van der Waals surface area contributed by atoms with Gasteiger partial charge in [0.15, 0.2) is 23.2 Å². The van der Waals surface area contributed by atoms with Crippen LogP contribution in [0.15, 0.2) is 30.3 Å². The average molecular weight is 296 g/mol. The van der Waals surface area contributed by atoms with Gasteiger partial charge in [-0.3, -0.25) is 4.79 Å². The molecule has 2 rings (SSSR count). The monoisotopic (exact) mass is 296 g/mol. The van der Waals surface area contributed by atoms with Gasteiger partial charge in [0.1, 0.15) is 11.5 Å². The van der Waals surface area contributed by atoms with Crippen molar-refractivity contribution in [3.63, 3.8) is 0 Å². The Balaban J connectivity index is 2.52. The minimum Gasteiger partial charge on any atom is -0.497 e. The summed E-state index contributed by atoms with van der Waals surface area (Å²) in [5.74, 6) is -4.73. The van der Waals surface area contributed by atoms with Gasteiger partial charge in [-0.05, 0) is 24.3 Å². The van der Waals surface area contributed by atoms with Crippen LogP contribution in [0.5, 0.6) is 11.5 Å². The van der Waals surface area contributed by atoms with Gasteiger partial charge < -0.3 is 9.47 Å². The third-order valence-electron chi connectivity index (χ3n) is 2.89. The smallest absolute Gasteiger partial charge is 0.196 e. The molecule has 0 bridgehead atoms. The Kier molecular flexibility index (Phi) is 4.16. The van der Waals surface area contributed by atoms with Crippen molar-refractivity contribution in [3.8, 4) is 11.5 Å². The van der Waals surface area contributed by atoms with Crippen molar-refractivity contribution in [1.29, 1.82) is 0 Å². The van der Waals surface area contributed by atoms with E-state index < -0.39 is 28.8 Å². The number of ether oxygens (including phenoxy) is 2. The summed E-state index contributed by atoms with van der Waals surface area (Å²) in [5, 5.41) is 0. The second kappa shape index (κ2) is 5.87. The minimum atomic E-state index is -1.68. The maximum Gasteiger partial charge on any atom is 0.196 e. The van der Waals surface area contributed by atoms with E-state index in [9.17, 15) is 18.0 Å². The molecule has 0 radical (unpaired) electrons. The molecule has 0 aliphatic rings. The average Bonchev–Trinajstić information content (AvgIpc) is 2.51. The molecule has 3 nitrogen and oxygen atoms in total. The number of rotatable bonds is 4. The number of hydrogen-bond donors (Lipinski definition) is 0. The van der Waals surface area contributed by atoms with E-state index >= 15 is 0 Å². The Morgan fingerprint density at radius 3 is 2.00 bits per heavy atom. The summed E-state index contributed by atoms with van der Waals surface area (Å²) < 4.78 is 49.8. The van der Waals surface area contributed by atoms with E-state index in [0.29, 0.717) is 17.6 Å². The number of hydrogen-bond acceptors (Lipinski definition) is 3. The van der Waals surface area contributed by atoms with Gasteiger partial charge in [-0.25, -0.2) is 13.2 Å². The molecule has 0 unspecified atom stereocenters. The second-order valence-corrected chi connectivity index (χ2v) is 4.15. The topological polar surface area (TPSA) is 35.5 Å². The summed E-state index contributed by atoms with van der Waals surface area (Å²) in [6.45, 7) is 0. The van der Waals surface area contributed by atoms with Crippen molar-refractivity contribution in [2.24, 2.45) is 0 Å². The standard InChI is InChI=1S/C15H11F3O3/c1-20-9-5-8(6-10(7-9)21-2)15(19)11-3-4-12(16)14(18)13(11)17/h3-7H,1-2H3. The first-order valence-corrected chi connectivity index (χ1v) is 5.89. The zero-order chi connectivity index (χ0) is 15.6. The lowest BCUT2D eigenvalue weighted by Gasteiger charge is -2.09. The van der Waals surface area contributed by atoms with Gasteiger partial charge in [0.2, 0.25) is 0 Å². The van der Waals surface area contributed by atoms with Crippen LogP contribution in [0.1, 0.15) is 15.9 Å². The Bertz CT molecular complexity index is 677. The maximum atomic E-state index is 13.7. The molecule has 0 N–H and O–H groups in total. The highest BCUT2D eigenvalue weighted by Crippen LogP contribution is 2.25. The molecule has 0 amide bonds. The molecule has 0 aliphatic heterocycles. The molecule has 6 heteroatoms. The van der Waals surface area contributed by atoms with Crippen LogP contribution in [0.4, 0.5) is 13.2 Å². The number of carbonyl (C=O) groups is 1. The lowest BCUT2D eigenvalue weighted by atomic mass is 10.0. The molecule has 2 aromatic rings. The highest BCUT2D eigenvalue weighted by Gasteiger charge is 2.21. The molecule has 0 heterocycles. The van der Waals surface area contributed by atoms with Crippen LogP contribution in [-0.4, -0.2) is 20.0 Å². The highest BCUT2D eigenvalue weighted by molar-refractivity contribution is 6.09. The molecule has 0 fully saturated rings. The molecule has 2 aromatic carbocycles. The van der Waals surface area contributed by atoms with Crippen LogP contribution in [-0.2, 0) is 0 Å². The van der Waals surface area contributed by atoms with Crippen molar-refractivity contribution in [1.82, 2.24) is 0 Å². The van der Waals surface area contributed by atoms with Gasteiger partial charge in [-0.1, -0.05) is 0 Å². The van der Waals surface area contributed by atoms with Gasteiger partial charge >= 0.3 is 0 Å². The maximum absolute atomic E-state index is 13.7. The normalized spacial score (nSPS) is 10.3. The lowest BCUT2D eigenvalue weighted by Crippen LogP contribution is -2.07. The molecule has 0 atom stereocenters. The molecule has 0 spiro atoms. The molecule has 0 aromatic heterocycles. The van der Waals surface area contributed by atoms with Crippen molar-refractivity contribution in [3.05, 3.63) is 58.9 Å². The number of benzene rings is 2. The Hall–Kier alpha value is -2.50. The van der Waals surface area contributed by atoms with Gasteiger partial charge in [0, 0.05) is 11.6 Å². The van der Waals surface area contributed by atoms with E-state index in [1.54, 1.807) is 0 Å². The summed E-state index contributed by atoms with van der Waals surface area (Å²) in [5.41, 5.74) is -0.527. The number of halogens is 3. The predicted molar refractivity (Wildman–Crippen MR) is 69.3 cm³/mol. The Morgan fingerprint density at radius 1 is 0.905 bits per heavy atom. The quantitative estimate of drug-likeness (QED) is 0.641. The van der Waals surface area contributed by atoms with Crippen molar-refractivity contribution < 1.29 is 27.4 Å². The molecule has 0 saturated carbocycles. The first-order valence-electron chi connectivity index (χ1n) is 5.89. The van der Waals surface area contributed by atoms with E-state index in [-0.39, 0.29) is 5.56 Å². The molecular formula is C15H11F3O3. The zero-order valence-electron chi connectivity index (χ0n) is 11.2. The van der Waals surface area contributed by atoms with Crippen LogP contribution in [0.25, 0.3) is 0 Å². The van der Waals surface area contributed by atoms with Gasteiger partial charge in [0.25, 0.3) is 0 Å². The summed E-state index contributed by atoms with van der Waals surface area (Å²) in [6.07, 6.45) is 0. The molecule has 21 heavy (non-hydrogen) atoms. The van der Waals surface area contributed by atoms with E-state index in [1.165, 1.54) is 32.4 Å². The second-order valence-electron chi connectivity index (χ2n) is 4.15. The van der Waals surface area contributed by atoms with E-state index in [2.05, 4.69) is 0 Å². The minimum absolute atomic E-state index is 0.0381. The van der Waals surface area contributed by atoms with Crippen LogP contribution >= 0.6 is 0 Å². The van der Waals surface area contributed by atoms with Gasteiger partial charge in [0.05, 0.1) is 19.8 Å². The third-order valence-corrected chi connectivity index (χ3v) is 2.89. The van der Waals surface area contributed by atoms with Crippen molar-refractivity contribution in [2.75, 3.05) is 14.2 Å². The fraction of sp³-hybridized carbons (Fsp3) is 0.133. The number of ketones is 1. The summed E-state index contributed by atoms with van der Waals surface area (Å²) >= 11 is 0. The summed E-state index contributed by atoms with van der Waals surface area (Å²) in [7, 11) is 2.78. The largest absolute Gasteiger partial charge is 0.497 e. The predicted octanol–water partition coefficient (Wildman–Crippen LogP) is 3.35. The zero-order valence-corrected chi connectivity index (χ0v) is 11.2. The highest BCUT2D eigenvalue weighted by atomic mass is 19.2. The SMILES string of the molecule is COc1cc(OC)cc(C(=O)c2ccc(F)c(F)c2F)c1. The van der Waals surface area contributed by atoms with E-state index in [4.69, 9.17) is 9.47 Å². The fourth-order valence-corrected chi connectivity index (χ4v) is 1.80. The van der Waals surface area contributed by atoms with Crippen molar-refractivity contribution in [2.45, 2.75) is 0 Å². The number of methoxy groups -OCH3 is 2. The molecule has 110 valence electrons. The summed E-state index contributed by atoms with van der Waals surface area (Å²) in [4.78, 5) is 12.2. The first kappa shape index (κ1) is 14.9. The Labute approximate surface area is 118 Å². The van der Waals surface area contributed by atoms with Gasteiger partial charge in [-0.15, -0.1) is 0 Å². The van der Waals surface area contributed by atoms with Crippen LogP contribution in [0, 0.1) is 17.5 Å². The van der Waals surface area contributed by atoms with E-state index in [0.717, 1.165) is 6.07 Å². The third kappa shape index (κ3) is 2.84. The van der Waals surface area contributed by atoms with Gasteiger partial charge in [-0.2, -0.15) is 0 Å². The lowest BCUT2D eigenvalue weighted by molar-refractivity contribution is 0.103. The van der Waals surface area contributed by atoms with E-state index in [1.807, 2.05) is 0 Å². The van der Waals surface area contributed by atoms with Crippen LogP contribution in [0.3, 0.4) is 0 Å². The van der Waals surface area contributed by atoms with Crippen LogP contribution < -0.4 is 9.47 Å².